The Labute approximate surface area is 248 Å². The Balaban J connectivity index is 0.000000756. The molecule has 19 nitrogen and oxygen atoms in total. The summed E-state index contributed by atoms with van der Waals surface area (Å²) in [5.74, 6) is 0. The molecule has 0 saturated carbocycles. The first kappa shape index (κ1) is 41.2. The Morgan fingerprint density at radius 2 is 1.60 bits per heavy atom. The highest BCUT2D eigenvalue weighted by molar-refractivity contribution is 7.45. The van der Waals surface area contributed by atoms with Crippen molar-refractivity contribution in [3.05, 3.63) is 43.0 Å². The van der Waals surface area contributed by atoms with Crippen LogP contribution >= 0.6 is 24.3 Å². The minimum absolute atomic E-state index is 0.00794. The summed E-state index contributed by atoms with van der Waals surface area (Å²) >= 11 is 0. The quantitative estimate of drug-likeness (QED) is 0.0583. The standard InChI is InChI=1S/C11H24N3O4P.C10H15N2O8P.HO2P/c12-14-13-10-8-6-4-2-1-3-5-7-9-11-18-19(15,16)17;1-5-3-12(10(15)11-9(5)14)8-2-6(13)7(20-8)4-19-21(16,17)18;1-3-2/h1-11H2,(H2,15,16,17);3,6-8,13H,2,4H2,1H3,(H,11,14,15)(H2,16,17,18);(H,1,2)/p-3. The number of nitrogens with zero attached hydrogens (tertiary/aromatic N) is 4. The predicted molar refractivity (Wildman–Crippen MR) is 145 cm³/mol. The van der Waals surface area contributed by atoms with Crippen molar-refractivity contribution in [3.63, 3.8) is 0 Å². The van der Waals surface area contributed by atoms with E-state index in [-0.39, 0.29) is 18.6 Å². The van der Waals surface area contributed by atoms with Crippen molar-refractivity contribution in [2.75, 3.05) is 19.8 Å². The van der Waals surface area contributed by atoms with E-state index in [1.165, 1.54) is 26.0 Å². The van der Waals surface area contributed by atoms with Crippen LogP contribution in [0, 0.1) is 6.92 Å². The maximum Gasteiger partial charge on any atom is 0.330 e. The van der Waals surface area contributed by atoms with Crippen LogP contribution in [0.3, 0.4) is 0 Å². The second-order valence-electron chi connectivity index (χ2n) is 9.19. The average molecular weight is 676 g/mol. The van der Waals surface area contributed by atoms with Crippen LogP contribution in [0.15, 0.2) is 20.9 Å². The maximum atomic E-state index is 11.7. The number of phosphoric ester groups is 2. The number of hydrogen-bond acceptors (Lipinski definition) is 13. The van der Waals surface area contributed by atoms with E-state index in [0.717, 1.165) is 43.1 Å². The van der Waals surface area contributed by atoms with Crippen LogP contribution in [-0.4, -0.2) is 56.4 Å². The van der Waals surface area contributed by atoms with E-state index in [9.17, 15) is 33.6 Å². The van der Waals surface area contributed by atoms with Crippen molar-refractivity contribution in [1.82, 2.24) is 9.55 Å². The lowest BCUT2D eigenvalue weighted by Gasteiger charge is -2.20. The van der Waals surface area contributed by atoms with Gasteiger partial charge in [-0.15, -0.1) is 0 Å². The summed E-state index contributed by atoms with van der Waals surface area (Å²) in [7, 11) is -10.5. The Hall–Kier alpha value is -1.81. The molecule has 0 aliphatic carbocycles. The van der Waals surface area contributed by atoms with Gasteiger partial charge in [-0.1, -0.05) is 50.1 Å². The molecule has 1 fully saturated rings. The van der Waals surface area contributed by atoms with Gasteiger partial charge >= 0.3 is 5.69 Å². The first-order chi connectivity index (χ1) is 20.1. The number of rotatable bonds is 17. The Morgan fingerprint density at radius 3 is 2.12 bits per heavy atom. The zero-order valence-corrected chi connectivity index (χ0v) is 26.1. The van der Waals surface area contributed by atoms with Gasteiger partial charge in [0.25, 0.3) is 21.2 Å². The van der Waals surface area contributed by atoms with Crippen molar-refractivity contribution >= 4 is 24.3 Å². The number of unbranched alkanes of at least 4 members (excludes halogenated alkanes) is 8. The molecule has 0 spiro atoms. The average Bonchev–Trinajstić information content (AvgIpc) is 3.27. The van der Waals surface area contributed by atoms with Crippen molar-refractivity contribution in [2.45, 2.75) is 89.6 Å². The largest absolute Gasteiger partial charge is 0.772 e. The fourth-order valence-electron chi connectivity index (χ4n) is 3.75. The molecule has 0 aromatic carbocycles. The van der Waals surface area contributed by atoms with Crippen LogP contribution < -0.4 is 25.9 Å². The van der Waals surface area contributed by atoms with E-state index in [1.807, 2.05) is 0 Å². The first-order valence-electron chi connectivity index (χ1n) is 13.1. The highest BCUT2D eigenvalue weighted by Crippen LogP contribution is 2.34. The molecule has 0 radical (unpaired) electrons. The van der Waals surface area contributed by atoms with Crippen molar-refractivity contribution in [2.24, 2.45) is 5.11 Å². The topological polar surface area (TPSA) is 312 Å². The summed E-state index contributed by atoms with van der Waals surface area (Å²) in [6.45, 7) is 1.58. The molecule has 5 unspecified atom stereocenters. The van der Waals surface area contributed by atoms with E-state index in [1.54, 1.807) is 0 Å². The van der Waals surface area contributed by atoms with Crippen LogP contribution in [-0.2, 0) is 27.5 Å². The van der Waals surface area contributed by atoms with Gasteiger partial charge in [-0.05, 0) is 25.3 Å². The SMILES string of the molecule is Cc1cn(C2CC(O)C(COP(=O)([O-])O)O2)c(=O)[nH]c1=O.O=P[O-].[N-]=[N+]=NCCCCCCCCCCCOP(=O)([O-])O. The van der Waals surface area contributed by atoms with Crippen LogP contribution in [0.4, 0.5) is 0 Å². The Bertz CT molecular complexity index is 1200. The number of H-pyrrole nitrogens is 1. The third kappa shape index (κ3) is 21.5. The molecule has 2 rings (SSSR count). The molecule has 1 aromatic rings. The van der Waals surface area contributed by atoms with Crippen LogP contribution in [0.5, 0.6) is 0 Å². The van der Waals surface area contributed by atoms with Gasteiger partial charge < -0.3 is 43.4 Å². The van der Waals surface area contributed by atoms with Gasteiger partial charge in [0.1, 0.15) is 12.3 Å². The van der Waals surface area contributed by atoms with Crippen LogP contribution in [0.2, 0.25) is 0 Å². The number of azide groups is 1. The molecule has 5 atom stereocenters. The molecule has 4 N–H and O–H groups in total. The minimum Gasteiger partial charge on any atom is -0.772 e. The summed E-state index contributed by atoms with van der Waals surface area (Å²) < 4.78 is 44.0. The zero-order valence-electron chi connectivity index (χ0n) is 23.5. The van der Waals surface area contributed by atoms with Gasteiger partial charge in [0.2, 0.25) is 0 Å². The van der Waals surface area contributed by atoms with Crippen LogP contribution in [0.25, 0.3) is 10.4 Å². The highest BCUT2D eigenvalue weighted by Gasteiger charge is 2.36. The molecule has 22 heteroatoms. The van der Waals surface area contributed by atoms with Crippen molar-refractivity contribution in [3.8, 4) is 0 Å². The summed E-state index contributed by atoms with van der Waals surface area (Å²) in [6, 6.07) is 0. The fraction of sp³-hybridized carbons (Fsp3) is 0.810. The van der Waals surface area contributed by atoms with Gasteiger partial charge in [-0.25, -0.2) is 4.79 Å². The maximum absolute atomic E-state index is 11.7. The molecule has 1 saturated heterocycles. The third-order valence-electron chi connectivity index (χ3n) is 5.78. The zero-order chi connectivity index (χ0) is 32.9. The molecular weight excluding hydrogens is 639 g/mol. The third-order valence-corrected chi connectivity index (χ3v) is 6.77. The predicted octanol–water partition coefficient (Wildman–Crippen LogP) is 0.809. The van der Waals surface area contributed by atoms with E-state index in [4.69, 9.17) is 29.5 Å². The van der Waals surface area contributed by atoms with Gasteiger partial charge in [0, 0.05) is 29.6 Å². The van der Waals surface area contributed by atoms with E-state index < -0.39 is 60.6 Å². The number of nitrogens with one attached hydrogen (secondary N) is 1. The number of hydrogen-bond donors (Lipinski definition) is 4. The smallest absolute Gasteiger partial charge is 0.330 e. The number of aryl methyl sites for hydroxylation is 1. The molecule has 2 heterocycles. The summed E-state index contributed by atoms with van der Waals surface area (Å²) in [6.07, 6.45) is 7.62. The van der Waals surface area contributed by atoms with E-state index >= 15 is 0 Å². The molecule has 1 aliphatic heterocycles. The highest BCUT2D eigenvalue weighted by atomic mass is 31.2. The van der Waals surface area contributed by atoms with Gasteiger partial charge in [-0.2, -0.15) is 0 Å². The number of aromatic nitrogens is 2. The van der Waals surface area contributed by atoms with Gasteiger partial charge in [0.05, 0.1) is 28.0 Å². The first-order valence-corrected chi connectivity index (χ1v) is 16.8. The van der Waals surface area contributed by atoms with Crippen molar-refractivity contribution < 1.29 is 57.1 Å². The second kappa shape index (κ2) is 22.7. The lowest BCUT2D eigenvalue weighted by Crippen LogP contribution is -2.33. The number of phosphoric acid groups is 2. The number of aliphatic hydroxyl groups excluding tert-OH is 1. The molecule has 248 valence electrons. The van der Waals surface area contributed by atoms with Crippen LogP contribution in [0.1, 0.15) is 76.0 Å². The molecular formula is C21H37N5O14P3-3. The second-order valence-corrected chi connectivity index (χ2v) is 11.7. The Morgan fingerprint density at radius 1 is 1.09 bits per heavy atom. The monoisotopic (exact) mass is 676 g/mol. The van der Waals surface area contributed by atoms with E-state index in [0.29, 0.717) is 13.0 Å². The number of aromatic amines is 1. The molecule has 43 heavy (non-hydrogen) atoms. The van der Waals surface area contributed by atoms with Gasteiger partial charge in [-0.3, -0.25) is 28.0 Å². The summed E-state index contributed by atoms with van der Waals surface area (Å²) in [5.41, 5.74) is 7.13. The number of ether oxygens (including phenoxy) is 1. The van der Waals surface area contributed by atoms with Gasteiger partial charge in [0.15, 0.2) is 0 Å². The summed E-state index contributed by atoms with van der Waals surface area (Å²) in [4.78, 5) is 73.7. The minimum atomic E-state index is -4.92. The molecule has 1 aromatic heterocycles. The molecule has 0 bridgehead atoms. The van der Waals surface area contributed by atoms with E-state index in [2.05, 4.69) is 24.1 Å². The fourth-order valence-corrected chi connectivity index (χ4v) is 4.45. The van der Waals surface area contributed by atoms with Crippen molar-refractivity contribution in [1.29, 1.82) is 0 Å². The normalized spacial score (nSPS) is 20.5. The molecule has 0 amide bonds. The lowest BCUT2D eigenvalue weighted by molar-refractivity contribution is -0.223. The lowest BCUT2D eigenvalue weighted by atomic mass is 10.1. The number of aliphatic hydroxyl groups is 1. The Kier molecular flexibility index (Phi) is 21.7. The summed E-state index contributed by atoms with van der Waals surface area (Å²) in [5, 5.41) is 13.2. The molecule has 1 aliphatic rings.